The number of pyridine rings is 1. The van der Waals surface area contributed by atoms with E-state index in [-0.39, 0.29) is 17.9 Å². The third-order valence-electron chi connectivity index (χ3n) is 5.34. The third kappa shape index (κ3) is 3.84. The van der Waals surface area contributed by atoms with Crippen molar-refractivity contribution in [2.75, 3.05) is 11.9 Å². The molecule has 1 saturated heterocycles. The molecule has 29 heavy (non-hydrogen) atoms. The van der Waals surface area contributed by atoms with Crippen LogP contribution in [-0.4, -0.2) is 44.1 Å². The van der Waals surface area contributed by atoms with E-state index in [1.807, 2.05) is 31.2 Å². The van der Waals surface area contributed by atoms with Gasteiger partial charge in [-0.1, -0.05) is 12.1 Å². The Bertz CT molecular complexity index is 1090. The number of amides is 2. The molecule has 1 fully saturated rings. The second-order valence-electron chi connectivity index (χ2n) is 7.50. The number of likely N-dealkylation sites (tertiary alicyclic amines) is 1. The van der Waals surface area contributed by atoms with E-state index >= 15 is 0 Å². The molecule has 2 amide bonds. The number of nitrogens with one attached hydrogen (secondary N) is 1. The Labute approximate surface area is 168 Å². The Kier molecular flexibility index (Phi) is 5.02. The Balaban J connectivity index is 1.54. The van der Waals surface area contributed by atoms with Crippen LogP contribution in [0, 0.1) is 6.92 Å². The number of rotatable bonds is 5. The molecule has 3 N–H and O–H groups in total. The van der Waals surface area contributed by atoms with Gasteiger partial charge in [-0.2, -0.15) is 5.10 Å². The van der Waals surface area contributed by atoms with E-state index in [0.29, 0.717) is 28.8 Å². The van der Waals surface area contributed by atoms with Crippen LogP contribution in [0.5, 0.6) is 0 Å². The first kappa shape index (κ1) is 19.1. The fourth-order valence-corrected chi connectivity index (χ4v) is 3.95. The number of nitrogens with two attached hydrogens (primary N) is 1. The quantitative estimate of drug-likeness (QED) is 0.691. The maximum atomic E-state index is 12.9. The van der Waals surface area contributed by atoms with Gasteiger partial charge >= 0.3 is 0 Å². The first-order valence-corrected chi connectivity index (χ1v) is 9.65. The van der Waals surface area contributed by atoms with Crippen molar-refractivity contribution in [3.63, 3.8) is 0 Å². The van der Waals surface area contributed by atoms with Crippen molar-refractivity contribution in [1.29, 1.82) is 0 Å². The topological polar surface area (TPSA) is 106 Å². The van der Waals surface area contributed by atoms with Crippen LogP contribution in [0.4, 0.5) is 5.69 Å². The van der Waals surface area contributed by atoms with Crippen LogP contribution in [0.2, 0.25) is 0 Å². The molecule has 0 bridgehead atoms. The summed E-state index contributed by atoms with van der Waals surface area (Å²) >= 11 is 0. The van der Waals surface area contributed by atoms with E-state index in [4.69, 9.17) is 5.73 Å². The van der Waals surface area contributed by atoms with Crippen molar-refractivity contribution >= 4 is 28.5 Å². The van der Waals surface area contributed by atoms with Gasteiger partial charge in [0.05, 0.1) is 23.2 Å². The average Bonchev–Trinajstić information content (AvgIpc) is 3.28. The molecule has 1 aromatic carbocycles. The van der Waals surface area contributed by atoms with Crippen LogP contribution in [0.1, 0.15) is 34.5 Å². The fourth-order valence-electron chi connectivity index (χ4n) is 3.95. The molecule has 1 unspecified atom stereocenters. The van der Waals surface area contributed by atoms with Crippen LogP contribution in [-0.2, 0) is 18.4 Å². The molecule has 0 radical (unpaired) electrons. The summed E-state index contributed by atoms with van der Waals surface area (Å²) in [6, 6.07) is 9.23. The summed E-state index contributed by atoms with van der Waals surface area (Å²) in [5.41, 5.74) is 9.21. The predicted molar refractivity (Wildman–Crippen MR) is 110 cm³/mol. The number of aromatic nitrogens is 3. The number of carbonyl (C=O) groups is 2. The summed E-state index contributed by atoms with van der Waals surface area (Å²) in [4.78, 5) is 31.1. The van der Waals surface area contributed by atoms with Crippen LogP contribution < -0.4 is 11.1 Å². The second-order valence-corrected chi connectivity index (χ2v) is 7.50. The van der Waals surface area contributed by atoms with E-state index in [2.05, 4.69) is 20.3 Å². The largest absolute Gasteiger partial charge is 0.368 e. The number of hydrogen-bond acceptors (Lipinski definition) is 5. The van der Waals surface area contributed by atoms with Gasteiger partial charge in [0.15, 0.2) is 5.65 Å². The monoisotopic (exact) mass is 392 g/mol. The van der Waals surface area contributed by atoms with Gasteiger partial charge < -0.3 is 11.1 Å². The van der Waals surface area contributed by atoms with E-state index in [0.717, 1.165) is 30.6 Å². The lowest BCUT2D eigenvalue weighted by molar-refractivity contribution is -0.122. The molecule has 3 aromatic rings. The molecular weight excluding hydrogens is 368 g/mol. The highest BCUT2D eigenvalue weighted by atomic mass is 16.2. The van der Waals surface area contributed by atoms with Crippen LogP contribution in [0.15, 0.2) is 36.5 Å². The summed E-state index contributed by atoms with van der Waals surface area (Å²) < 4.78 is 1.66. The van der Waals surface area contributed by atoms with Crippen molar-refractivity contribution in [3.8, 4) is 0 Å². The van der Waals surface area contributed by atoms with E-state index in [1.54, 1.807) is 24.0 Å². The molecule has 8 nitrogen and oxygen atoms in total. The summed E-state index contributed by atoms with van der Waals surface area (Å²) in [5.74, 6) is -0.484. The zero-order valence-electron chi connectivity index (χ0n) is 16.6. The molecule has 150 valence electrons. The molecule has 1 aliphatic rings. The summed E-state index contributed by atoms with van der Waals surface area (Å²) in [6.45, 7) is 3.33. The number of carbonyl (C=O) groups excluding carboxylic acids is 2. The van der Waals surface area contributed by atoms with Gasteiger partial charge in [-0.25, -0.2) is 4.98 Å². The average molecular weight is 392 g/mol. The molecule has 2 aromatic heterocycles. The van der Waals surface area contributed by atoms with Crippen molar-refractivity contribution in [3.05, 3.63) is 53.3 Å². The number of anilines is 1. The summed E-state index contributed by atoms with van der Waals surface area (Å²) in [6.07, 6.45) is 3.42. The van der Waals surface area contributed by atoms with Crippen LogP contribution >= 0.6 is 0 Å². The SMILES string of the molecule is Cc1cc(C(=O)Nc2cccc(CN3CCCC3C(N)=O)c2)c2cnn(C)c2n1. The Morgan fingerprint density at radius 3 is 2.93 bits per heavy atom. The standard InChI is InChI=1S/C21H24N6O2/c1-13-9-16(17-11-23-26(2)20(17)24-13)21(29)25-15-6-3-5-14(10-15)12-27-8-4-7-18(27)19(22)28/h3,5-6,9-11,18H,4,7-8,12H2,1-2H3,(H2,22,28)(H,25,29). The Morgan fingerprint density at radius 1 is 1.31 bits per heavy atom. The lowest BCUT2D eigenvalue weighted by atomic mass is 10.1. The highest BCUT2D eigenvalue weighted by molar-refractivity contribution is 6.12. The molecule has 4 rings (SSSR count). The van der Waals surface area contributed by atoms with Gasteiger partial charge in [0.2, 0.25) is 5.91 Å². The van der Waals surface area contributed by atoms with Crippen LogP contribution in [0.25, 0.3) is 11.0 Å². The summed E-state index contributed by atoms with van der Waals surface area (Å²) in [7, 11) is 1.80. The second kappa shape index (κ2) is 7.63. The van der Waals surface area contributed by atoms with Gasteiger partial charge in [-0.05, 0) is 50.1 Å². The number of benzene rings is 1. The molecular formula is C21H24N6O2. The van der Waals surface area contributed by atoms with Gasteiger partial charge in [-0.15, -0.1) is 0 Å². The zero-order chi connectivity index (χ0) is 20.5. The minimum absolute atomic E-state index is 0.207. The Morgan fingerprint density at radius 2 is 2.14 bits per heavy atom. The van der Waals surface area contributed by atoms with Gasteiger partial charge in [0.25, 0.3) is 5.91 Å². The molecule has 0 saturated carbocycles. The van der Waals surface area contributed by atoms with E-state index in [1.165, 1.54) is 0 Å². The van der Waals surface area contributed by atoms with Crippen molar-refractivity contribution in [2.24, 2.45) is 12.8 Å². The van der Waals surface area contributed by atoms with E-state index < -0.39 is 0 Å². The van der Waals surface area contributed by atoms with Gasteiger partial charge in [0, 0.05) is 25.0 Å². The normalized spacial score (nSPS) is 17.0. The highest BCUT2D eigenvalue weighted by Gasteiger charge is 2.28. The maximum Gasteiger partial charge on any atom is 0.256 e. The van der Waals surface area contributed by atoms with Crippen molar-refractivity contribution in [2.45, 2.75) is 32.4 Å². The lowest BCUT2D eigenvalue weighted by Crippen LogP contribution is -2.39. The van der Waals surface area contributed by atoms with Crippen molar-refractivity contribution < 1.29 is 9.59 Å². The number of nitrogens with zero attached hydrogens (tertiary/aromatic N) is 4. The first-order valence-electron chi connectivity index (χ1n) is 9.65. The number of aryl methyl sites for hydroxylation is 2. The Hall–Kier alpha value is -3.26. The molecule has 8 heteroatoms. The predicted octanol–water partition coefficient (Wildman–Crippen LogP) is 1.98. The number of primary amides is 1. The van der Waals surface area contributed by atoms with Crippen LogP contribution in [0.3, 0.4) is 0 Å². The van der Waals surface area contributed by atoms with Gasteiger partial charge in [0.1, 0.15) is 0 Å². The van der Waals surface area contributed by atoms with Crippen molar-refractivity contribution in [1.82, 2.24) is 19.7 Å². The minimum Gasteiger partial charge on any atom is -0.368 e. The maximum absolute atomic E-state index is 12.9. The zero-order valence-corrected chi connectivity index (χ0v) is 16.6. The molecule has 1 aliphatic heterocycles. The van der Waals surface area contributed by atoms with E-state index in [9.17, 15) is 9.59 Å². The lowest BCUT2D eigenvalue weighted by Gasteiger charge is -2.22. The highest BCUT2D eigenvalue weighted by Crippen LogP contribution is 2.23. The smallest absolute Gasteiger partial charge is 0.256 e. The minimum atomic E-state index is -0.277. The van der Waals surface area contributed by atoms with Gasteiger partial charge in [-0.3, -0.25) is 19.2 Å². The molecule has 0 aliphatic carbocycles. The number of fused-ring (bicyclic) bond motifs is 1. The third-order valence-corrected chi connectivity index (χ3v) is 5.34. The summed E-state index contributed by atoms with van der Waals surface area (Å²) in [5, 5.41) is 7.90. The fraction of sp³-hybridized carbons (Fsp3) is 0.333. The first-order chi connectivity index (χ1) is 13.9. The number of hydrogen-bond donors (Lipinski definition) is 2. The molecule has 3 heterocycles. The molecule has 0 spiro atoms. The molecule has 1 atom stereocenters.